The van der Waals surface area contributed by atoms with Crippen molar-refractivity contribution in [1.82, 2.24) is 9.97 Å². The first-order valence-electron chi connectivity index (χ1n) is 6.49. The third-order valence-corrected chi connectivity index (χ3v) is 2.55. The molecule has 0 spiro atoms. The molecule has 0 atom stereocenters. The number of carbonyl (C=O) groups excluding carboxylic acids is 1. The number of nitrogens with zero attached hydrogens (tertiary/aromatic N) is 1. The molecule has 0 aliphatic heterocycles. The maximum atomic E-state index is 11.9. The number of ether oxygens (including phenoxy) is 1. The van der Waals surface area contributed by atoms with E-state index in [9.17, 15) is 9.59 Å². The summed E-state index contributed by atoms with van der Waals surface area (Å²) in [6, 6.07) is 7.21. The molecule has 2 aromatic rings. The second kappa shape index (κ2) is 5.78. The average Bonchev–Trinajstić information content (AvgIpc) is 2.38. The topological polar surface area (TPSA) is 84.1 Å². The summed E-state index contributed by atoms with van der Waals surface area (Å²) in [4.78, 5) is 29.1. The number of aromatic amines is 1. The number of benzene rings is 1. The van der Waals surface area contributed by atoms with Gasteiger partial charge in [-0.25, -0.2) is 14.6 Å². The van der Waals surface area contributed by atoms with E-state index in [1.807, 2.05) is 12.1 Å². The van der Waals surface area contributed by atoms with Crippen molar-refractivity contribution >= 4 is 11.8 Å². The Labute approximate surface area is 122 Å². The fourth-order valence-corrected chi connectivity index (χ4v) is 1.75. The van der Waals surface area contributed by atoms with E-state index >= 15 is 0 Å². The molecular weight excluding hydrogens is 270 g/mol. The summed E-state index contributed by atoms with van der Waals surface area (Å²) in [6.45, 7) is 5.39. The summed E-state index contributed by atoms with van der Waals surface area (Å²) in [5, 5.41) is 2.70. The molecule has 6 nitrogen and oxygen atoms in total. The Hall–Kier alpha value is -2.63. The molecule has 2 rings (SSSR count). The van der Waals surface area contributed by atoms with E-state index in [0.29, 0.717) is 11.3 Å². The van der Waals surface area contributed by atoms with Crippen molar-refractivity contribution in [1.29, 1.82) is 0 Å². The molecule has 110 valence electrons. The molecule has 0 radical (unpaired) electrons. The molecule has 0 saturated carbocycles. The highest BCUT2D eigenvalue weighted by molar-refractivity contribution is 5.91. The van der Waals surface area contributed by atoms with Crippen molar-refractivity contribution in [3.8, 4) is 11.1 Å². The summed E-state index contributed by atoms with van der Waals surface area (Å²) in [5.41, 5.74) is 1.03. The van der Waals surface area contributed by atoms with Gasteiger partial charge in [-0.2, -0.15) is 0 Å². The van der Waals surface area contributed by atoms with Gasteiger partial charge in [0.1, 0.15) is 5.60 Å². The van der Waals surface area contributed by atoms with E-state index in [4.69, 9.17) is 4.74 Å². The van der Waals surface area contributed by atoms with E-state index in [1.165, 1.54) is 6.20 Å². The fraction of sp³-hybridized carbons (Fsp3) is 0.267. The van der Waals surface area contributed by atoms with E-state index in [0.717, 1.165) is 5.56 Å². The maximum absolute atomic E-state index is 11.9. The van der Waals surface area contributed by atoms with Crippen LogP contribution in [0.2, 0.25) is 0 Å². The van der Waals surface area contributed by atoms with Gasteiger partial charge in [-0.15, -0.1) is 0 Å². The number of rotatable bonds is 2. The van der Waals surface area contributed by atoms with E-state index < -0.39 is 17.4 Å². The Balaban J connectivity index is 2.27. The molecule has 0 aliphatic rings. The molecule has 0 fully saturated rings. The summed E-state index contributed by atoms with van der Waals surface area (Å²) < 4.78 is 5.23. The minimum absolute atomic E-state index is 0.420. The molecule has 1 amide bonds. The molecule has 0 bridgehead atoms. The summed E-state index contributed by atoms with van der Waals surface area (Å²) in [7, 11) is 0. The standard InChI is InChI=1S/C15H17N3O3/c1-15(2,3)21-14(20)18-12-7-5-4-6-11(12)10-8-16-13(19)17-9-10/h4-9H,1-3H3,(H,18,20)(H,16,17,19). The number of H-pyrrole nitrogens is 1. The Morgan fingerprint density at radius 3 is 2.62 bits per heavy atom. The lowest BCUT2D eigenvalue weighted by Gasteiger charge is -2.20. The monoisotopic (exact) mass is 287 g/mol. The van der Waals surface area contributed by atoms with Crippen molar-refractivity contribution in [3.05, 3.63) is 47.1 Å². The summed E-state index contributed by atoms with van der Waals surface area (Å²) >= 11 is 0. The number of hydrogen-bond donors (Lipinski definition) is 2. The SMILES string of the molecule is CC(C)(C)OC(=O)Nc1ccccc1-c1cnc(=O)[nH]c1. The highest BCUT2D eigenvalue weighted by atomic mass is 16.6. The van der Waals surface area contributed by atoms with Crippen LogP contribution < -0.4 is 11.0 Å². The first-order valence-corrected chi connectivity index (χ1v) is 6.49. The van der Waals surface area contributed by atoms with Crippen LogP contribution >= 0.6 is 0 Å². The molecule has 1 aromatic carbocycles. The quantitative estimate of drug-likeness (QED) is 0.889. The van der Waals surface area contributed by atoms with Gasteiger partial charge < -0.3 is 9.72 Å². The molecular formula is C15H17N3O3. The van der Waals surface area contributed by atoms with Crippen LogP contribution in [0.25, 0.3) is 11.1 Å². The van der Waals surface area contributed by atoms with Crippen LogP contribution in [-0.4, -0.2) is 21.7 Å². The van der Waals surface area contributed by atoms with Gasteiger partial charge in [0.25, 0.3) is 0 Å². The van der Waals surface area contributed by atoms with Crippen molar-refractivity contribution in [3.63, 3.8) is 0 Å². The molecule has 0 aliphatic carbocycles. The van der Waals surface area contributed by atoms with Crippen LogP contribution in [0.1, 0.15) is 20.8 Å². The highest BCUT2D eigenvalue weighted by Crippen LogP contribution is 2.26. The molecule has 0 unspecified atom stereocenters. The molecule has 1 heterocycles. The maximum Gasteiger partial charge on any atom is 0.412 e. The zero-order valence-corrected chi connectivity index (χ0v) is 12.1. The minimum atomic E-state index is -0.571. The summed E-state index contributed by atoms with van der Waals surface area (Å²) in [6.07, 6.45) is 2.46. The van der Waals surface area contributed by atoms with Gasteiger partial charge in [0.15, 0.2) is 0 Å². The predicted octanol–water partition coefficient (Wildman–Crippen LogP) is 2.78. The number of anilines is 1. The summed E-state index contributed by atoms with van der Waals surface area (Å²) in [5.74, 6) is 0. The predicted molar refractivity (Wildman–Crippen MR) is 80.2 cm³/mol. The molecule has 1 aromatic heterocycles. The van der Waals surface area contributed by atoms with E-state index in [-0.39, 0.29) is 0 Å². The average molecular weight is 287 g/mol. The Morgan fingerprint density at radius 1 is 1.29 bits per heavy atom. The molecule has 2 N–H and O–H groups in total. The lowest BCUT2D eigenvalue weighted by molar-refractivity contribution is 0.0636. The Morgan fingerprint density at radius 2 is 2.00 bits per heavy atom. The van der Waals surface area contributed by atoms with Crippen molar-refractivity contribution in [2.45, 2.75) is 26.4 Å². The van der Waals surface area contributed by atoms with Gasteiger partial charge in [-0.1, -0.05) is 18.2 Å². The molecule has 0 saturated heterocycles. The highest BCUT2D eigenvalue weighted by Gasteiger charge is 2.17. The number of amides is 1. The number of nitrogens with one attached hydrogen (secondary N) is 2. The smallest absolute Gasteiger partial charge is 0.412 e. The van der Waals surface area contributed by atoms with Crippen LogP contribution in [-0.2, 0) is 4.74 Å². The second-order valence-corrected chi connectivity index (χ2v) is 5.48. The van der Waals surface area contributed by atoms with Crippen LogP contribution in [0.5, 0.6) is 0 Å². The Kier molecular flexibility index (Phi) is 4.07. The zero-order valence-electron chi connectivity index (χ0n) is 12.1. The van der Waals surface area contributed by atoms with Crippen LogP contribution in [0, 0.1) is 0 Å². The second-order valence-electron chi connectivity index (χ2n) is 5.48. The Bertz CT molecular complexity index is 681. The van der Waals surface area contributed by atoms with Crippen molar-refractivity contribution in [2.75, 3.05) is 5.32 Å². The van der Waals surface area contributed by atoms with Crippen LogP contribution in [0.4, 0.5) is 10.5 Å². The van der Waals surface area contributed by atoms with Gasteiger partial charge in [0, 0.05) is 23.5 Å². The van der Waals surface area contributed by atoms with Gasteiger partial charge >= 0.3 is 11.8 Å². The van der Waals surface area contributed by atoms with Gasteiger partial charge in [-0.3, -0.25) is 5.32 Å². The first-order chi connectivity index (χ1) is 9.85. The number of para-hydroxylation sites is 1. The van der Waals surface area contributed by atoms with Crippen molar-refractivity contribution in [2.24, 2.45) is 0 Å². The van der Waals surface area contributed by atoms with Gasteiger partial charge in [-0.05, 0) is 26.8 Å². The number of aromatic nitrogens is 2. The first kappa shape index (κ1) is 14.8. The van der Waals surface area contributed by atoms with E-state index in [1.54, 1.807) is 39.1 Å². The minimum Gasteiger partial charge on any atom is -0.444 e. The largest absolute Gasteiger partial charge is 0.444 e. The molecule has 21 heavy (non-hydrogen) atoms. The lowest BCUT2D eigenvalue weighted by Crippen LogP contribution is -2.27. The molecule has 6 heteroatoms. The third-order valence-electron chi connectivity index (χ3n) is 2.55. The number of carbonyl (C=O) groups is 1. The third kappa shape index (κ3) is 4.17. The fourth-order valence-electron chi connectivity index (χ4n) is 1.75. The normalized spacial score (nSPS) is 11.0. The lowest BCUT2D eigenvalue weighted by atomic mass is 10.1. The number of hydrogen-bond acceptors (Lipinski definition) is 4. The van der Waals surface area contributed by atoms with E-state index in [2.05, 4.69) is 15.3 Å². The van der Waals surface area contributed by atoms with Gasteiger partial charge in [0.05, 0.1) is 5.69 Å². The zero-order chi connectivity index (χ0) is 15.5. The van der Waals surface area contributed by atoms with Gasteiger partial charge in [0.2, 0.25) is 0 Å². The van der Waals surface area contributed by atoms with Crippen LogP contribution in [0.3, 0.4) is 0 Å². The van der Waals surface area contributed by atoms with Crippen molar-refractivity contribution < 1.29 is 9.53 Å². The van der Waals surface area contributed by atoms with Crippen LogP contribution in [0.15, 0.2) is 41.5 Å².